The normalized spacial score (nSPS) is 14.5. The molecule has 0 radical (unpaired) electrons. The van der Waals surface area contributed by atoms with Crippen LogP contribution >= 0.6 is 0 Å². The van der Waals surface area contributed by atoms with E-state index < -0.39 is 0 Å². The van der Waals surface area contributed by atoms with Gasteiger partial charge in [0.2, 0.25) is 0 Å². The van der Waals surface area contributed by atoms with Gasteiger partial charge in [-0.1, -0.05) is 40.5 Å². The van der Waals surface area contributed by atoms with E-state index in [4.69, 9.17) is 0 Å². The predicted molar refractivity (Wildman–Crippen MR) is 83.1 cm³/mol. The molecule has 0 fully saturated rings. The van der Waals surface area contributed by atoms with Crippen LogP contribution < -0.4 is 10.6 Å². The highest BCUT2D eigenvalue weighted by molar-refractivity contribution is 4.81. The average molecular weight is 256 g/mol. The third kappa shape index (κ3) is 7.38. The molecule has 110 valence electrons. The van der Waals surface area contributed by atoms with Gasteiger partial charge in [-0.05, 0) is 52.1 Å². The van der Waals surface area contributed by atoms with E-state index in [0.29, 0.717) is 12.0 Å². The van der Waals surface area contributed by atoms with Crippen LogP contribution in [0.3, 0.4) is 0 Å². The van der Waals surface area contributed by atoms with E-state index >= 15 is 0 Å². The molecule has 0 saturated heterocycles. The highest BCUT2D eigenvalue weighted by Gasteiger charge is 2.20. The second-order valence-corrected chi connectivity index (χ2v) is 6.58. The molecule has 0 amide bonds. The van der Waals surface area contributed by atoms with Crippen molar-refractivity contribution in [2.75, 3.05) is 13.1 Å². The molecule has 0 heterocycles. The summed E-state index contributed by atoms with van der Waals surface area (Å²) in [5, 5.41) is 7.32. The number of nitrogens with one attached hydrogen (secondary N) is 2. The zero-order valence-corrected chi connectivity index (χ0v) is 13.8. The van der Waals surface area contributed by atoms with E-state index in [2.05, 4.69) is 59.1 Å². The largest absolute Gasteiger partial charge is 0.314 e. The summed E-state index contributed by atoms with van der Waals surface area (Å²) < 4.78 is 0. The van der Waals surface area contributed by atoms with E-state index in [1.165, 1.54) is 25.8 Å². The third-order valence-corrected chi connectivity index (χ3v) is 4.51. The summed E-state index contributed by atoms with van der Waals surface area (Å²) in [4.78, 5) is 0. The zero-order valence-electron chi connectivity index (χ0n) is 13.8. The molecular formula is C16H36N2. The Morgan fingerprint density at radius 3 is 2.00 bits per heavy atom. The first kappa shape index (κ1) is 17.9. The molecule has 0 saturated carbocycles. The van der Waals surface area contributed by atoms with Gasteiger partial charge in [0, 0.05) is 11.6 Å². The third-order valence-electron chi connectivity index (χ3n) is 4.51. The van der Waals surface area contributed by atoms with Crippen LogP contribution in [0.2, 0.25) is 0 Å². The van der Waals surface area contributed by atoms with Crippen LogP contribution in [-0.2, 0) is 0 Å². The predicted octanol–water partition coefficient (Wildman–Crippen LogP) is 3.82. The van der Waals surface area contributed by atoms with Crippen LogP contribution in [0.15, 0.2) is 0 Å². The second kappa shape index (κ2) is 8.92. The highest BCUT2D eigenvalue weighted by Crippen LogP contribution is 2.14. The van der Waals surface area contributed by atoms with Gasteiger partial charge in [-0.3, -0.25) is 0 Å². The second-order valence-electron chi connectivity index (χ2n) is 6.58. The van der Waals surface area contributed by atoms with Crippen LogP contribution in [0.5, 0.6) is 0 Å². The lowest BCUT2D eigenvalue weighted by Crippen LogP contribution is -2.45. The minimum atomic E-state index is 0.245. The Morgan fingerprint density at radius 1 is 1.00 bits per heavy atom. The van der Waals surface area contributed by atoms with Crippen LogP contribution in [-0.4, -0.2) is 24.7 Å². The maximum atomic E-state index is 3.66. The molecule has 0 aliphatic heterocycles. The Bertz CT molecular complexity index is 195. The summed E-state index contributed by atoms with van der Waals surface area (Å²) in [6.45, 7) is 18.3. The fraction of sp³-hybridized carbons (Fsp3) is 1.00. The molecule has 2 nitrogen and oxygen atoms in total. The molecule has 0 aliphatic carbocycles. The van der Waals surface area contributed by atoms with Crippen LogP contribution in [0.1, 0.15) is 67.7 Å². The Balaban J connectivity index is 3.74. The molecule has 0 rings (SSSR count). The first-order chi connectivity index (χ1) is 8.33. The number of hydrogen-bond donors (Lipinski definition) is 2. The Labute approximate surface area is 115 Å². The van der Waals surface area contributed by atoms with Crippen molar-refractivity contribution < 1.29 is 0 Å². The molecular weight excluding hydrogens is 220 g/mol. The molecule has 1 atom stereocenters. The van der Waals surface area contributed by atoms with Gasteiger partial charge in [-0.15, -0.1) is 0 Å². The Morgan fingerprint density at radius 2 is 1.56 bits per heavy atom. The van der Waals surface area contributed by atoms with Crippen molar-refractivity contribution in [2.24, 2.45) is 11.8 Å². The molecule has 2 heteroatoms. The lowest BCUT2D eigenvalue weighted by atomic mass is 9.90. The molecule has 18 heavy (non-hydrogen) atoms. The van der Waals surface area contributed by atoms with Gasteiger partial charge in [-0.2, -0.15) is 0 Å². The minimum Gasteiger partial charge on any atom is -0.314 e. The van der Waals surface area contributed by atoms with E-state index in [-0.39, 0.29) is 5.54 Å². The maximum Gasteiger partial charge on any atom is 0.0148 e. The zero-order chi connectivity index (χ0) is 14.2. The standard InChI is InChI=1S/C16H36N2/c1-8-15(9-2)12-17-14(5)10-11-18-16(6,7)13(3)4/h13-15,17-18H,8-12H2,1-7H3. The highest BCUT2D eigenvalue weighted by atomic mass is 15.0. The fourth-order valence-electron chi connectivity index (χ4n) is 1.86. The van der Waals surface area contributed by atoms with E-state index in [1.807, 2.05) is 0 Å². The molecule has 0 aromatic rings. The van der Waals surface area contributed by atoms with Crippen molar-refractivity contribution in [1.82, 2.24) is 10.6 Å². The van der Waals surface area contributed by atoms with Crippen molar-refractivity contribution in [3.8, 4) is 0 Å². The summed E-state index contributed by atoms with van der Waals surface area (Å²) >= 11 is 0. The van der Waals surface area contributed by atoms with Gasteiger partial charge >= 0.3 is 0 Å². The minimum absolute atomic E-state index is 0.245. The average Bonchev–Trinajstić information content (AvgIpc) is 2.29. The summed E-state index contributed by atoms with van der Waals surface area (Å²) in [5.41, 5.74) is 0.245. The van der Waals surface area contributed by atoms with Crippen LogP contribution in [0.25, 0.3) is 0 Å². The SMILES string of the molecule is CCC(CC)CNC(C)CCNC(C)(C)C(C)C. The van der Waals surface area contributed by atoms with Crippen molar-refractivity contribution in [3.05, 3.63) is 0 Å². The molecule has 0 aromatic carbocycles. The van der Waals surface area contributed by atoms with Gasteiger partial charge < -0.3 is 10.6 Å². The lowest BCUT2D eigenvalue weighted by Gasteiger charge is -2.31. The van der Waals surface area contributed by atoms with Crippen molar-refractivity contribution in [2.45, 2.75) is 79.3 Å². The molecule has 1 unspecified atom stereocenters. The van der Waals surface area contributed by atoms with Gasteiger partial charge in [-0.25, -0.2) is 0 Å². The summed E-state index contributed by atoms with van der Waals surface area (Å²) in [6.07, 6.45) is 3.78. The van der Waals surface area contributed by atoms with Gasteiger partial charge in [0.15, 0.2) is 0 Å². The molecule has 0 aromatic heterocycles. The van der Waals surface area contributed by atoms with E-state index in [0.717, 1.165) is 12.5 Å². The lowest BCUT2D eigenvalue weighted by molar-refractivity contribution is 0.280. The molecule has 0 spiro atoms. The summed E-state index contributed by atoms with van der Waals surface area (Å²) in [7, 11) is 0. The summed E-state index contributed by atoms with van der Waals surface area (Å²) in [5.74, 6) is 1.51. The maximum absolute atomic E-state index is 3.66. The first-order valence-corrected chi connectivity index (χ1v) is 7.81. The topological polar surface area (TPSA) is 24.1 Å². The van der Waals surface area contributed by atoms with Crippen molar-refractivity contribution in [3.63, 3.8) is 0 Å². The van der Waals surface area contributed by atoms with Crippen molar-refractivity contribution >= 4 is 0 Å². The monoisotopic (exact) mass is 256 g/mol. The quantitative estimate of drug-likeness (QED) is 0.621. The van der Waals surface area contributed by atoms with Crippen LogP contribution in [0.4, 0.5) is 0 Å². The molecule has 0 aliphatic rings. The Hall–Kier alpha value is -0.0800. The Kier molecular flexibility index (Phi) is 8.89. The number of rotatable bonds is 10. The number of hydrogen-bond acceptors (Lipinski definition) is 2. The molecule has 2 N–H and O–H groups in total. The van der Waals surface area contributed by atoms with Gasteiger partial charge in [0.1, 0.15) is 0 Å². The summed E-state index contributed by atoms with van der Waals surface area (Å²) in [6, 6.07) is 0.612. The fourth-order valence-corrected chi connectivity index (χ4v) is 1.86. The smallest absolute Gasteiger partial charge is 0.0148 e. The van der Waals surface area contributed by atoms with Crippen molar-refractivity contribution in [1.29, 1.82) is 0 Å². The van der Waals surface area contributed by atoms with E-state index in [1.54, 1.807) is 0 Å². The molecule has 0 bridgehead atoms. The first-order valence-electron chi connectivity index (χ1n) is 7.81. The van der Waals surface area contributed by atoms with Gasteiger partial charge in [0.05, 0.1) is 0 Å². The van der Waals surface area contributed by atoms with E-state index in [9.17, 15) is 0 Å². The van der Waals surface area contributed by atoms with Gasteiger partial charge in [0.25, 0.3) is 0 Å². The van der Waals surface area contributed by atoms with Crippen LogP contribution in [0, 0.1) is 11.8 Å².